The molecule has 126 valence electrons. The van der Waals surface area contributed by atoms with Crippen LogP contribution in [0.3, 0.4) is 0 Å². The fourth-order valence-electron chi connectivity index (χ4n) is 2.02. The van der Waals surface area contributed by atoms with Crippen molar-refractivity contribution in [2.75, 3.05) is 11.9 Å². The van der Waals surface area contributed by atoms with Gasteiger partial charge in [-0.2, -0.15) is 0 Å². The van der Waals surface area contributed by atoms with Gasteiger partial charge in [0, 0.05) is 10.2 Å². The molecule has 0 aliphatic rings. The molecule has 0 heterocycles. The van der Waals surface area contributed by atoms with Crippen molar-refractivity contribution in [3.8, 4) is 5.75 Å². The number of halogens is 3. The molecule has 2 rings (SSSR count). The van der Waals surface area contributed by atoms with Crippen molar-refractivity contribution in [3.05, 3.63) is 56.2 Å². The number of amides is 1. The number of ether oxygens (including phenoxy) is 1. The molecule has 2 aromatic carbocycles. The third kappa shape index (κ3) is 4.64. The van der Waals surface area contributed by atoms with Crippen molar-refractivity contribution in [2.24, 2.45) is 0 Å². The maximum atomic E-state index is 13.3. The molecule has 1 N–H and O–H groups in total. The fraction of sp³-hybridized carbons (Fsp3) is 0.176. The molecule has 0 unspecified atom stereocenters. The summed E-state index contributed by atoms with van der Waals surface area (Å²) in [6.07, 6.45) is 0. The number of carbonyl (C=O) groups excluding carboxylic acids is 2. The average molecular weight is 459 g/mol. The first-order valence-electron chi connectivity index (χ1n) is 6.96. The standard InChI is InChI=1S/C17H14Br2FNO3/c1-9-3-4-12(20)7-15(9)21-16(23)8-24-17-13(10(2)22)5-11(18)6-14(17)19/h3-7H,8H2,1-2H3,(H,21,23). The summed E-state index contributed by atoms with van der Waals surface area (Å²) < 4.78 is 20.0. The molecule has 24 heavy (non-hydrogen) atoms. The Hall–Kier alpha value is -1.73. The topological polar surface area (TPSA) is 55.4 Å². The molecule has 1 amide bonds. The molecule has 0 saturated heterocycles. The quantitative estimate of drug-likeness (QED) is 0.649. The lowest BCUT2D eigenvalue weighted by atomic mass is 10.1. The van der Waals surface area contributed by atoms with Crippen LogP contribution in [0.1, 0.15) is 22.8 Å². The minimum absolute atomic E-state index is 0.187. The minimum atomic E-state index is -0.451. The average Bonchev–Trinajstić information content (AvgIpc) is 2.49. The van der Waals surface area contributed by atoms with Crippen LogP contribution in [-0.4, -0.2) is 18.3 Å². The number of carbonyl (C=O) groups is 2. The van der Waals surface area contributed by atoms with Crippen LogP contribution in [0.15, 0.2) is 39.3 Å². The van der Waals surface area contributed by atoms with Crippen LogP contribution in [-0.2, 0) is 4.79 Å². The minimum Gasteiger partial charge on any atom is -0.482 e. The van der Waals surface area contributed by atoms with Crippen LogP contribution >= 0.6 is 31.9 Å². The number of hydrogen-bond acceptors (Lipinski definition) is 3. The Bertz CT molecular complexity index is 809. The number of ketones is 1. The first kappa shape index (κ1) is 18.6. The number of rotatable bonds is 5. The van der Waals surface area contributed by atoms with Crippen LogP contribution in [0.5, 0.6) is 5.75 Å². The first-order valence-corrected chi connectivity index (χ1v) is 8.55. The summed E-state index contributed by atoms with van der Waals surface area (Å²) in [4.78, 5) is 23.8. The zero-order valence-corrected chi connectivity index (χ0v) is 16.1. The highest BCUT2D eigenvalue weighted by atomic mass is 79.9. The van der Waals surface area contributed by atoms with Gasteiger partial charge >= 0.3 is 0 Å². The van der Waals surface area contributed by atoms with E-state index < -0.39 is 11.7 Å². The molecule has 0 fully saturated rings. The lowest BCUT2D eigenvalue weighted by molar-refractivity contribution is -0.118. The Morgan fingerprint density at radius 2 is 1.92 bits per heavy atom. The third-order valence-electron chi connectivity index (χ3n) is 3.21. The summed E-state index contributed by atoms with van der Waals surface area (Å²) in [6, 6.07) is 7.47. The van der Waals surface area contributed by atoms with Crippen molar-refractivity contribution in [1.29, 1.82) is 0 Å². The maximum absolute atomic E-state index is 13.3. The van der Waals surface area contributed by atoms with Crippen LogP contribution in [0, 0.1) is 12.7 Å². The van der Waals surface area contributed by atoms with Crippen molar-refractivity contribution in [3.63, 3.8) is 0 Å². The van der Waals surface area contributed by atoms with Gasteiger partial charge in [-0.25, -0.2) is 4.39 Å². The summed E-state index contributed by atoms with van der Waals surface area (Å²) >= 11 is 6.62. The maximum Gasteiger partial charge on any atom is 0.262 e. The number of Topliss-reactive ketones (excluding diaryl/α,β-unsaturated/α-hetero) is 1. The highest BCUT2D eigenvalue weighted by Gasteiger charge is 2.16. The van der Waals surface area contributed by atoms with Gasteiger partial charge in [-0.1, -0.05) is 22.0 Å². The first-order chi connectivity index (χ1) is 11.3. The molecule has 2 aromatic rings. The molecule has 0 saturated carbocycles. The molecule has 0 aliphatic carbocycles. The summed E-state index contributed by atoms with van der Waals surface area (Å²) in [6.45, 7) is 2.86. The van der Waals surface area contributed by atoms with Gasteiger partial charge in [0.05, 0.1) is 10.0 Å². The van der Waals surface area contributed by atoms with E-state index in [4.69, 9.17) is 4.74 Å². The Balaban J connectivity index is 2.12. The number of anilines is 1. The van der Waals surface area contributed by atoms with Crippen LogP contribution < -0.4 is 10.1 Å². The predicted octanol–water partition coefficient (Wildman–Crippen LogP) is 4.88. The molecular formula is C17H14Br2FNO3. The number of benzene rings is 2. The summed E-state index contributed by atoms with van der Waals surface area (Å²) in [5, 5.41) is 2.59. The van der Waals surface area contributed by atoms with E-state index in [9.17, 15) is 14.0 Å². The van der Waals surface area contributed by atoms with Crippen molar-refractivity contribution < 1.29 is 18.7 Å². The van der Waals surface area contributed by atoms with Crippen molar-refractivity contribution in [1.82, 2.24) is 0 Å². The van der Waals surface area contributed by atoms with E-state index in [1.165, 1.54) is 19.1 Å². The fourth-order valence-corrected chi connectivity index (χ4v) is 3.36. The molecule has 0 bridgehead atoms. The second kappa shape index (κ2) is 7.90. The van der Waals surface area contributed by atoms with Gasteiger partial charge < -0.3 is 10.1 Å². The Kier molecular flexibility index (Phi) is 6.12. The second-order valence-corrected chi connectivity index (χ2v) is 6.89. The van der Waals surface area contributed by atoms with Crippen molar-refractivity contribution in [2.45, 2.75) is 13.8 Å². The molecule has 0 atom stereocenters. The molecule has 7 heteroatoms. The lowest BCUT2D eigenvalue weighted by Crippen LogP contribution is -2.21. The van der Waals surface area contributed by atoms with E-state index in [1.54, 1.807) is 25.1 Å². The van der Waals surface area contributed by atoms with Gasteiger partial charge in [-0.05, 0) is 59.6 Å². The van der Waals surface area contributed by atoms with E-state index in [0.717, 1.165) is 5.56 Å². The number of aryl methyl sites for hydroxylation is 1. The largest absolute Gasteiger partial charge is 0.482 e. The number of hydrogen-bond donors (Lipinski definition) is 1. The zero-order valence-electron chi connectivity index (χ0n) is 13.0. The summed E-state index contributed by atoms with van der Waals surface area (Å²) in [5.41, 5.74) is 1.47. The molecular weight excluding hydrogens is 445 g/mol. The van der Waals surface area contributed by atoms with Gasteiger partial charge in [-0.3, -0.25) is 9.59 Å². The summed E-state index contributed by atoms with van der Waals surface area (Å²) in [5.74, 6) is -0.787. The highest BCUT2D eigenvalue weighted by Crippen LogP contribution is 2.33. The number of nitrogens with one attached hydrogen (secondary N) is 1. The van der Waals surface area contributed by atoms with Gasteiger partial charge in [0.25, 0.3) is 5.91 Å². The van der Waals surface area contributed by atoms with Gasteiger partial charge in [-0.15, -0.1) is 0 Å². The van der Waals surface area contributed by atoms with E-state index in [1.807, 2.05) is 0 Å². The molecule has 0 radical (unpaired) electrons. The lowest BCUT2D eigenvalue weighted by Gasteiger charge is -2.13. The zero-order chi connectivity index (χ0) is 17.9. The molecule has 4 nitrogen and oxygen atoms in total. The molecule has 0 aromatic heterocycles. The Morgan fingerprint density at radius 1 is 1.21 bits per heavy atom. The third-order valence-corrected chi connectivity index (χ3v) is 4.26. The predicted molar refractivity (Wildman–Crippen MR) is 97.1 cm³/mol. The van der Waals surface area contributed by atoms with Crippen LogP contribution in [0.4, 0.5) is 10.1 Å². The molecule has 0 spiro atoms. The smallest absolute Gasteiger partial charge is 0.262 e. The monoisotopic (exact) mass is 457 g/mol. The van der Waals surface area contributed by atoms with E-state index in [2.05, 4.69) is 37.2 Å². The van der Waals surface area contributed by atoms with E-state index >= 15 is 0 Å². The molecule has 0 aliphatic heterocycles. The second-order valence-electron chi connectivity index (χ2n) is 5.12. The van der Waals surface area contributed by atoms with E-state index in [0.29, 0.717) is 20.2 Å². The summed E-state index contributed by atoms with van der Waals surface area (Å²) in [7, 11) is 0. The van der Waals surface area contributed by atoms with Crippen LogP contribution in [0.25, 0.3) is 0 Å². The van der Waals surface area contributed by atoms with Gasteiger partial charge in [0.2, 0.25) is 0 Å². The van der Waals surface area contributed by atoms with E-state index in [-0.39, 0.29) is 18.1 Å². The van der Waals surface area contributed by atoms with Crippen molar-refractivity contribution >= 4 is 49.2 Å². The van der Waals surface area contributed by atoms with Gasteiger partial charge in [0.15, 0.2) is 12.4 Å². The highest BCUT2D eigenvalue weighted by molar-refractivity contribution is 9.11. The SMILES string of the molecule is CC(=O)c1cc(Br)cc(Br)c1OCC(=O)Nc1cc(F)ccc1C. The Labute approximate surface area is 155 Å². The normalized spacial score (nSPS) is 10.4. The van der Waals surface area contributed by atoms with Crippen LogP contribution in [0.2, 0.25) is 0 Å². The van der Waals surface area contributed by atoms with Gasteiger partial charge in [0.1, 0.15) is 11.6 Å². The Morgan fingerprint density at radius 3 is 2.58 bits per heavy atom.